The lowest BCUT2D eigenvalue weighted by Gasteiger charge is -2.10. The van der Waals surface area contributed by atoms with Gasteiger partial charge in [-0.05, 0) is 23.3 Å². The Morgan fingerprint density at radius 1 is 0.696 bits per heavy atom. The number of halogens is 4. The molecule has 2 aromatic rings. The van der Waals surface area contributed by atoms with Crippen LogP contribution >= 0.6 is 46.4 Å². The first-order valence-electron chi connectivity index (χ1n) is 6.09. The van der Waals surface area contributed by atoms with Gasteiger partial charge in [0.2, 0.25) is 12.2 Å². The van der Waals surface area contributed by atoms with Gasteiger partial charge in [-0.1, -0.05) is 58.5 Å². The molecule has 2 aromatic carbocycles. The van der Waals surface area contributed by atoms with Gasteiger partial charge in [-0.3, -0.25) is 0 Å². The summed E-state index contributed by atoms with van der Waals surface area (Å²) in [6.45, 7) is 0. The van der Waals surface area contributed by atoms with Crippen molar-refractivity contribution >= 4 is 69.9 Å². The average molecular weight is 388 g/mol. The van der Waals surface area contributed by atoms with E-state index in [9.17, 15) is 9.59 Å². The van der Waals surface area contributed by atoms with Crippen LogP contribution in [0.15, 0.2) is 34.3 Å². The van der Waals surface area contributed by atoms with Crippen LogP contribution in [0.25, 0.3) is 0 Å². The molecular formula is C15H6Cl4N2O2. The molecule has 116 valence electrons. The Bertz CT molecular complexity index is 799. The molecule has 0 heterocycles. The first-order valence-corrected chi connectivity index (χ1v) is 7.60. The smallest absolute Gasteiger partial charge is 0.211 e. The summed E-state index contributed by atoms with van der Waals surface area (Å²) >= 11 is 24.5. The predicted octanol–water partition coefficient (Wildman–Crippen LogP) is 5.83. The van der Waals surface area contributed by atoms with Gasteiger partial charge in [0, 0.05) is 6.42 Å². The van der Waals surface area contributed by atoms with Crippen molar-refractivity contribution in [2.24, 2.45) is 9.98 Å². The van der Waals surface area contributed by atoms with Crippen molar-refractivity contribution in [3.63, 3.8) is 0 Å². The molecule has 0 aromatic heterocycles. The van der Waals surface area contributed by atoms with Gasteiger partial charge in [0.1, 0.15) is 0 Å². The Labute approximate surface area is 151 Å². The third kappa shape index (κ3) is 3.82. The average Bonchev–Trinajstić information content (AvgIpc) is 2.54. The van der Waals surface area contributed by atoms with E-state index >= 15 is 0 Å². The zero-order chi connectivity index (χ0) is 17.0. The van der Waals surface area contributed by atoms with Crippen molar-refractivity contribution in [1.29, 1.82) is 0 Å². The first kappa shape index (κ1) is 17.7. The van der Waals surface area contributed by atoms with E-state index in [-0.39, 0.29) is 31.5 Å². The number of isocyanates is 2. The summed E-state index contributed by atoms with van der Waals surface area (Å²) in [5.41, 5.74) is 1.81. The molecule has 8 heteroatoms. The SMILES string of the molecule is O=C=Nc1ccc(Cc2ccc(N=C=O)c(Cl)c2Cl)c(Cl)c1Cl. The van der Waals surface area contributed by atoms with Gasteiger partial charge in [-0.25, -0.2) is 9.59 Å². The van der Waals surface area contributed by atoms with Gasteiger partial charge in [0.05, 0.1) is 31.5 Å². The third-order valence-electron chi connectivity index (χ3n) is 3.00. The lowest BCUT2D eigenvalue weighted by Crippen LogP contribution is -1.92. The first-order chi connectivity index (χ1) is 11.0. The molecule has 0 amide bonds. The predicted molar refractivity (Wildman–Crippen MR) is 91.3 cm³/mol. The Balaban J connectivity index is 2.44. The molecule has 0 aliphatic rings. The molecule has 0 aliphatic carbocycles. The number of nitrogens with zero attached hydrogens (tertiary/aromatic N) is 2. The van der Waals surface area contributed by atoms with Crippen LogP contribution in [-0.2, 0) is 16.0 Å². The van der Waals surface area contributed by atoms with Crippen molar-refractivity contribution in [3.05, 3.63) is 55.5 Å². The number of carbonyl (C=O) groups excluding carboxylic acids is 2. The molecule has 0 aliphatic heterocycles. The van der Waals surface area contributed by atoms with E-state index in [0.29, 0.717) is 17.5 Å². The van der Waals surface area contributed by atoms with E-state index in [4.69, 9.17) is 46.4 Å². The minimum atomic E-state index is 0.150. The Kier molecular flexibility index (Phi) is 5.97. The zero-order valence-corrected chi connectivity index (χ0v) is 14.3. The molecule has 0 spiro atoms. The summed E-state index contributed by atoms with van der Waals surface area (Å²) in [6.07, 6.45) is 3.16. The van der Waals surface area contributed by atoms with Crippen LogP contribution in [0, 0.1) is 0 Å². The summed E-state index contributed by atoms with van der Waals surface area (Å²) < 4.78 is 0. The molecule has 0 unspecified atom stereocenters. The van der Waals surface area contributed by atoms with Gasteiger partial charge in [-0.2, -0.15) is 9.98 Å². The lowest BCUT2D eigenvalue weighted by atomic mass is 10.0. The van der Waals surface area contributed by atoms with Crippen molar-refractivity contribution in [1.82, 2.24) is 0 Å². The van der Waals surface area contributed by atoms with Crippen LogP contribution in [0.4, 0.5) is 11.4 Å². The van der Waals surface area contributed by atoms with Gasteiger partial charge < -0.3 is 0 Å². The fourth-order valence-electron chi connectivity index (χ4n) is 1.91. The van der Waals surface area contributed by atoms with E-state index in [0.717, 1.165) is 0 Å². The van der Waals surface area contributed by atoms with Crippen LogP contribution in [-0.4, -0.2) is 12.2 Å². The number of hydrogen-bond donors (Lipinski definition) is 0. The number of benzene rings is 2. The fraction of sp³-hybridized carbons (Fsp3) is 0.0667. The van der Waals surface area contributed by atoms with E-state index in [1.807, 2.05) is 0 Å². The molecular weight excluding hydrogens is 382 g/mol. The summed E-state index contributed by atoms with van der Waals surface area (Å²) in [4.78, 5) is 27.6. The second-order valence-corrected chi connectivity index (χ2v) is 5.84. The molecule has 4 nitrogen and oxygen atoms in total. The second-order valence-electron chi connectivity index (χ2n) is 4.33. The largest absolute Gasteiger partial charge is 0.240 e. The van der Waals surface area contributed by atoms with Crippen LogP contribution in [0.3, 0.4) is 0 Å². The summed E-state index contributed by atoms with van der Waals surface area (Å²) in [6, 6.07) is 6.45. The van der Waals surface area contributed by atoms with E-state index in [1.165, 1.54) is 12.2 Å². The van der Waals surface area contributed by atoms with Crippen LogP contribution < -0.4 is 0 Å². The monoisotopic (exact) mass is 386 g/mol. The minimum absolute atomic E-state index is 0.150. The molecule has 0 N–H and O–H groups in total. The Morgan fingerprint density at radius 3 is 1.43 bits per heavy atom. The standard InChI is InChI=1S/C15H6Cl4N2O2/c16-12-8(1-3-10(14(12)18)20-6-22)5-9-2-4-11(21-7-23)15(19)13(9)17/h1-4H,5H2. The maximum Gasteiger partial charge on any atom is 0.240 e. The van der Waals surface area contributed by atoms with Crippen molar-refractivity contribution in [2.45, 2.75) is 6.42 Å². The summed E-state index contributed by atoms with van der Waals surface area (Å²) in [5, 5.41) is 0.810. The summed E-state index contributed by atoms with van der Waals surface area (Å²) in [5.74, 6) is 0. The van der Waals surface area contributed by atoms with Crippen LogP contribution in [0.1, 0.15) is 11.1 Å². The normalized spacial score (nSPS) is 9.91. The lowest BCUT2D eigenvalue weighted by molar-refractivity contribution is 0.564. The number of rotatable bonds is 4. The minimum Gasteiger partial charge on any atom is -0.211 e. The van der Waals surface area contributed by atoms with Crippen LogP contribution in [0.5, 0.6) is 0 Å². The van der Waals surface area contributed by atoms with Crippen molar-refractivity contribution in [2.75, 3.05) is 0 Å². The Hall–Kier alpha value is -1.64. The van der Waals surface area contributed by atoms with Gasteiger partial charge >= 0.3 is 0 Å². The zero-order valence-electron chi connectivity index (χ0n) is 11.2. The topological polar surface area (TPSA) is 58.9 Å². The maximum absolute atomic E-state index is 10.3. The van der Waals surface area contributed by atoms with E-state index in [1.54, 1.807) is 24.3 Å². The van der Waals surface area contributed by atoms with Crippen LogP contribution in [0.2, 0.25) is 20.1 Å². The van der Waals surface area contributed by atoms with E-state index in [2.05, 4.69) is 9.98 Å². The Morgan fingerprint density at radius 2 is 1.09 bits per heavy atom. The molecule has 0 saturated heterocycles. The second kappa shape index (κ2) is 7.76. The highest BCUT2D eigenvalue weighted by atomic mass is 35.5. The van der Waals surface area contributed by atoms with Gasteiger partial charge in [-0.15, -0.1) is 0 Å². The summed E-state index contributed by atoms with van der Waals surface area (Å²) in [7, 11) is 0. The molecule has 0 radical (unpaired) electrons. The maximum atomic E-state index is 10.3. The highest BCUT2D eigenvalue weighted by Crippen LogP contribution is 2.39. The molecule has 0 fully saturated rings. The van der Waals surface area contributed by atoms with E-state index < -0.39 is 0 Å². The molecule has 0 saturated carbocycles. The quantitative estimate of drug-likeness (QED) is 0.489. The van der Waals surface area contributed by atoms with Gasteiger partial charge in [0.15, 0.2) is 0 Å². The highest BCUT2D eigenvalue weighted by molar-refractivity contribution is 6.45. The molecule has 0 bridgehead atoms. The van der Waals surface area contributed by atoms with Gasteiger partial charge in [0.25, 0.3) is 0 Å². The molecule has 0 atom stereocenters. The third-order valence-corrected chi connectivity index (χ3v) is 4.82. The number of aliphatic imine (C=N–C) groups is 2. The number of hydrogen-bond acceptors (Lipinski definition) is 4. The fourth-order valence-corrected chi connectivity index (χ4v) is 2.81. The molecule has 2 rings (SSSR count). The van der Waals surface area contributed by atoms with Crippen molar-refractivity contribution in [3.8, 4) is 0 Å². The molecule has 23 heavy (non-hydrogen) atoms. The van der Waals surface area contributed by atoms with Crippen molar-refractivity contribution < 1.29 is 9.59 Å². The highest BCUT2D eigenvalue weighted by Gasteiger charge is 2.14.